The van der Waals surface area contributed by atoms with Gasteiger partial charge in [0.1, 0.15) is 5.82 Å². The Bertz CT molecular complexity index is 938. The lowest BCUT2D eigenvalue weighted by atomic mass is 10.2. The number of carbonyl (C=O) groups is 1. The largest absolute Gasteiger partial charge is 0.382 e. The lowest BCUT2D eigenvalue weighted by molar-refractivity contribution is 0.0977. The van der Waals surface area contributed by atoms with Crippen LogP contribution in [0.5, 0.6) is 0 Å². The van der Waals surface area contributed by atoms with E-state index in [4.69, 9.17) is 18.0 Å². The van der Waals surface area contributed by atoms with Crippen molar-refractivity contribution in [2.75, 3.05) is 11.1 Å². The summed E-state index contributed by atoms with van der Waals surface area (Å²) in [5.74, 6) is 0.156. The predicted molar refractivity (Wildman–Crippen MR) is 104 cm³/mol. The number of rotatable bonds is 4. The third kappa shape index (κ3) is 4.28. The van der Waals surface area contributed by atoms with E-state index in [1.165, 1.54) is 0 Å². The van der Waals surface area contributed by atoms with Crippen LogP contribution in [0.15, 0.2) is 70.9 Å². The molecule has 0 atom stereocenters. The molecule has 8 nitrogen and oxygen atoms in total. The average molecular weight is 365 g/mol. The van der Waals surface area contributed by atoms with Crippen LogP contribution in [0.25, 0.3) is 0 Å². The smallest absolute Gasteiger partial charge is 0.257 e. The summed E-state index contributed by atoms with van der Waals surface area (Å²) in [6.07, 6.45) is 0. The van der Waals surface area contributed by atoms with E-state index < -0.39 is 0 Å². The van der Waals surface area contributed by atoms with Gasteiger partial charge in [-0.1, -0.05) is 36.4 Å². The molecular formula is C17H15N7OS. The second-order valence-corrected chi connectivity index (χ2v) is 5.55. The molecule has 0 aliphatic heterocycles. The normalized spacial score (nSPS) is 10.6. The number of aromatic amines is 1. The van der Waals surface area contributed by atoms with Gasteiger partial charge in [-0.15, -0.1) is 5.11 Å². The van der Waals surface area contributed by atoms with Crippen LogP contribution in [-0.2, 0) is 0 Å². The number of anilines is 2. The topological polar surface area (TPSA) is 121 Å². The molecule has 9 heteroatoms. The number of H-pyrrole nitrogens is 1. The number of nitrogens with one attached hydrogen (secondary N) is 3. The van der Waals surface area contributed by atoms with Crippen molar-refractivity contribution in [3.05, 3.63) is 66.2 Å². The quantitative estimate of drug-likeness (QED) is 0.416. The minimum atomic E-state index is -0.334. The molecule has 2 aromatic carbocycles. The summed E-state index contributed by atoms with van der Waals surface area (Å²) in [5.41, 5.74) is 7.28. The van der Waals surface area contributed by atoms with Crippen LogP contribution in [0.4, 0.5) is 23.0 Å². The fourth-order valence-corrected chi connectivity index (χ4v) is 2.23. The van der Waals surface area contributed by atoms with Crippen LogP contribution in [0.3, 0.4) is 0 Å². The molecule has 0 spiro atoms. The molecule has 0 aliphatic rings. The number of hydrogen-bond acceptors (Lipinski definition) is 6. The van der Waals surface area contributed by atoms with Gasteiger partial charge in [0.25, 0.3) is 5.91 Å². The minimum Gasteiger partial charge on any atom is -0.382 e. The Balaban J connectivity index is 1.69. The second-order valence-electron chi connectivity index (χ2n) is 5.14. The van der Waals surface area contributed by atoms with Gasteiger partial charge in [0.15, 0.2) is 16.6 Å². The Kier molecular flexibility index (Phi) is 5.30. The van der Waals surface area contributed by atoms with Gasteiger partial charge in [-0.05, 0) is 36.5 Å². The molecule has 26 heavy (non-hydrogen) atoms. The van der Waals surface area contributed by atoms with Crippen molar-refractivity contribution in [2.24, 2.45) is 10.2 Å². The Labute approximate surface area is 154 Å². The molecule has 1 aromatic heterocycles. The van der Waals surface area contributed by atoms with Gasteiger partial charge in [0.2, 0.25) is 0 Å². The number of nitrogens with two attached hydrogens (primary N) is 1. The fourth-order valence-electron chi connectivity index (χ4n) is 2.04. The van der Waals surface area contributed by atoms with Gasteiger partial charge in [0.05, 0.1) is 5.69 Å². The third-order valence-electron chi connectivity index (χ3n) is 3.28. The monoisotopic (exact) mass is 365 g/mol. The maximum absolute atomic E-state index is 12.1. The van der Waals surface area contributed by atoms with Gasteiger partial charge in [-0.2, -0.15) is 10.2 Å². The van der Waals surface area contributed by atoms with Crippen molar-refractivity contribution in [3.63, 3.8) is 0 Å². The van der Waals surface area contributed by atoms with Crippen LogP contribution in [-0.4, -0.2) is 21.2 Å². The summed E-state index contributed by atoms with van der Waals surface area (Å²) in [6.45, 7) is 0. The number of nitrogen functional groups attached to an aromatic ring is 1. The number of aromatic nitrogens is 2. The molecule has 0 saturated heterocycles. The number of azo groups is 1. The summed E-state index contributed by atoms with van der Waals surface area (Å²) in [6, 6.07) is 17.9. The average Bonchev–Trinajstić information content (AvgIpc) is 3.01. The summed E-state index contributed by atoms with van der Waals surface area (Å²) >= 11 is 5.15. The lowest BCUT2D eigenvalue weighted by Gasteiger charge is -2.07. The molecule has 0 aliphatic carbocycles. The number of amides is 1. The van der Waals surface area contributed by atoms with Crippen molar-refractivity contribution in [1.29, 1.82) is 0 Å². The van der Waals surface area contributed by atoms with Crippen LogP contribution < -0.4 is 16.4 Å². The van der Waals surface area contributed by atoms with Gasteiger partial charge in [-0.3, -0.25) is 15.2 Å². The zero-order valence-corrected chi connectivity index (χ0v) is 14.3. The fraction of sp³-hybridized carbons (Fsp3) is 0. The summed E-state index contributed by atoms with van der Waals surface area (Å²) in [7, 11) is 0. The van der Waals surface area contributed by atoms with E-state index in [0.29, 0.717) is 16.9 Å². The molecule has 5 N–H and O–H groups in total. The van der Waals surface area contributed by atoms with E-state index in [-0.39, 0.29) is 22.7 Å². The first-order valence-electron chi connectivity index (χ1n) is 7.61. The molecule has 0 bridgehead atoms. The van der Waals surface area contributed by atoms with E-state index in [1.54, 1.807) is 36.4 Å². The Morgan fingerprint density at radius 1 is 1.04 bits per heavy atom. The van der Waals surface area contributed by atoms with Crippen molar-refractivity contribution in [2.45, 2.75) is 0 Å². The Morgan fingerprint density at radius 2 is 1.69 bits per heavy atom. The highest BCUT2D eigenvalue weighted by Crippen LogP contribution is 2.30. The first-order valence-corrected chi connectivity index (χ1v) is 8.02. The summed E-state index contributed by atoms with van der Waals surface area (Å²) < 4.78 is 0. The number of benzene rings is 2. The van der Waals surface area contributed by atoms with Crippen molar-refractivity contribution in [3.8, 4) is 0 Å². The van der Waals surface area contributed by atoms with Crippen molar-refractivity contribution < 1.29 is 4.79 Å². The second kappa shape index (κ2) is 7.99. The molecule has 3 rings (SSSR count). The van der Waals surface area contributed by atoms with Gasteiger partial charge in [-0.25, -0.2) is 0 Å². The van der Waals surface area contributed by atoms with Crippen molar-refractivity contribution in [1.82, 2.24) is 15.5 Å². The van der Waals surface area contributed by atoms with E-state index in [1.807, 2.05) is 24.3 Å². The molecule has 0 radical (unpaired) electrons. The van der Waals surface area contributed by atoms with Crippen molar-refractivity contribution >= 4 is 46.2 Å². The predicted octanol–water partition coefficient (Wildman–Crippen LogP) is 3.53. The van der Waals surface area contributed by atoms with Crippen LogP contribution >= 0.6 is 12.2 Å². The maximum Gasteiger partial charge on any atom is 0.257 e. The molecule has 0 fully saturated rings. The van der Waals surface area contributed by atoms with E-state index in [2.05, 4.69) is 31.1 Å². The molecule has 0 saturated carbocycles. The highest BCUT2D eigenvalue weighted by Gasteiger charge is 2.14. The number of thiocarbonyl (C=S) groups is 1. The van der Waals surface area contributed by atoms with Gasteiger partial charge < -0.3 is 11.1 Å². The SMILES string of the molecule is Nc1[nH]nc(NC(=S)NC(=O)c2ccccc2)c1N=Nc1ccccc1. The van der Waals surface area contributed by atoms with Crippen LogP contribution in [0.2, 0.25) is 0 Å². The van der Waals surface area contributed by atoms with Crippen LogP contribution in [0, 0.1) is 0 Å². The first kappa shape index (κ1) is 17.2. The number of nitrogens with zero attached hydrogens (tertiary/aromatic N) is 3. The Morgan fingerprint density at radius 3 is 2.38 bits per heavy atom. The molecule has 0 unspecified atom stereocenters. The lowest BCUT2D eigenvalue weighted by Crippen LogP contribution is -2.34. The molecule has 1 amide bonds. The van der Waals surface area contributed by atoms with E-state index >= 15 is 0 Å². The molecular weight excluding hydrogens is 350 g/mol. The highest BCUT2D eigenvalue weighted by molar-refractivity contribution is 7.80. The minimum absolute atomic E-state index is 0.0708. The van der Waals surface area contributed by atoms with E-state index in [0.717, 1.165) is 0 Å². The summed E-state index contributed by atoms with van der Waals surface area (Å²) in [5, 5.41) is 20.2. The highest BCUT2D eigenvalue weighted by atomic mass is 32.1. The van der Waals surface area contributed by atoms with Gasteiger partial charge in [0, 0.05) is 5.56 Å². The van der Waals surface area contributed by atoms with Gasteiger partial charge >= 0.3 is 0 Å². The molecule has 1 heterocycles. The standard InChI is InChI=1S/C17H15N7OS/c18-14-13(22-21-12-9-5-2-6-10-12)15(24-23-14)19-17(26)20-16(25)11-7-3-1-4-8-11/h1-10H,(H5,18,19,20,23,24,25,26). The summed E-state index contributed by atoms with van der Waals surface area (Å²) in [4.78, 5) is 12.1. The number of carbonyl (C=O) groups excluding carboxylic acids is 1. The number of hydrogen-bond donors (Lipinski definition) is 4. The molecule has 130 valence electrons. The maximum atomic E-state index is 12.1. The zero-order chi connectivity index (χ0) is 18.4. The van der Waals surface area contributed by atoms with E-state index in [9.17, 15) is 4.79 Å². The Hall–Kier alpha value is -3.59. The first-order chi connectivity index (χ1) is 12.6. The third-order valence-corrected chi connectivity index (χ3v) is 3.49. The zero-order valence-electron chi connectivity index (χ0n) is 13.5. The van der Waals surface area contributed by atoms with Crippen LogP contribution in [0.1, 0.15) is 10.4 Å². The molecule has 3 aromatic rings.